The van der Waals surface area contributed by atoms with Crippen LogP contribution in [0.1, 0.15) is 5.56 Å². The number of hydrogen-bond acceptors (Lipinski definition) is 3. The summed E-state index contributed by atoms with van der Waals surface area (Å²) in [6.07, 6.45) is 1.87. The third-order valence-corrected chi connectivity index (χ3v) is 6.19. The number of hydrogen-bond donors (Lipinski definition) is 3. The van der Waals surface area contributed by atoms with Gasteiger partial charge in [-0.05, 0) is 47.3 Å². The predicted octanol–water partition coefficient (Wildman–Crippen LogP) is 5.45. The van der Waals surface area contributed by atoms with Crippen LogP contribution in [0.2, 0.25) is 0 Å². The number of nitrogens with zero attached hydrogens (tertiary/aromatic N) is 1. The van der Waals surface area contributed by atoms with Gasteiger partial charge in [-0.2, -0.15) is 0 Å². The molecular weight excluding hydrogens is 408 g/mol. The standard InChI is InChI=1S/C24H20N4O2S/c29-23-15-31-22-13-19(8-9-21(22)28(23)14-16-4-2-1-3-5-16)27-24(30)26-18-7-6-17-10-11-25-20(17)12-18/h1-13,25H,14-15H2,(H2,26,27,30). The molecule has 2 heterocycles. The van der Waals surface area contributed by atoms with Gasteiger partial charge in [0.25, 0.3) is 0 Å². The van der Waals surface area contributed by atoms with E-state index < -0.39 is 0 Å². The first kappa shape index (κ1) is 19.3. The minimum Gasteiger partial charge on any atom is -0.361 e. The SMILES string of the molecule is O=C(Nc1ccc2c(c1)SCC(=O)N2Cc1ccccc1)Nc1ccc2cc[nH]c2c1. The van der Waals surface area contributed by atoms with Gasteiger partial charge in [0.2, 0.25) is 5.91 Å². The highest BCUT2D eigenvalue weighted by molar-refractivity contribution is 8.00. The highest BCUT2D eigenvalue weighted by Gasteiger charge is 2.25. The van der Waals surface area contributed by atoms with Crippen molar-refractivity contribution in [1.29, 1.82) is 0 Å². The van der Waals surface area contributed by atoms with Gasteiger partial charge in [0.1, 0.15) is 0 Å². The maximum atomic E-state index is 12.5. The van der Waals surface area contributed by atoms with E-state index in [-0.39, 0.29) is 11.9 Å². The molecular formula is C24H20N4O2S. The molecule has 0 aliphatic carbocycles. The number of aromatic nitrogens is 1. The first-order valence-electron chi connectivity index (χ1n) is 9.92. The van der Waals surface area contributed by atoms with E-state index in [9.17, 15) is 9.59 Å². The lowest BCUT2D eigenvalue weighted by Crippen LogP contribution is -2.34. The number of thioether (sulfide) groups is 1. The molecule has 3 N–H and O–H groups in total. The van der Waals surface area contributed by atoms with E-state index in [1.54, 1.807) is 4.90 Å². The fourth-order valence-electron chi connectivity index (χ4n) is 3.64. The highest BCUT2D eigenvalue weighted by atomic mass is 32.2. The van der Waals surface area contributed by atoms with E-state index in [4.69, 9.17) is 0 Å². The van der Waals surface area contributed by atoms with Gasteiger partial charge in [0.05, 0.1) is 18.0 Å². The van der Waals surface area contributed by atoms with Crippen molar-refractivity contribution >= 4 is 51.7 Å². The number of anilines is 3. The Hall–Kier alpha value is -3.71. The number of amides is 3. The van der Waals surface area contributed by atoms with Crippen molar-refractivity contribution in [2.45, 2.75) is 11.4 Å². The number of aromatic amines is 1. The monoisotopic (exact) mass is 428 g/mol. The second-order valence-electron chi connectivity index (χ2n) is 7.30. The number of nitrogens with one attached hydrogen (secondary N) is 3. The predicted molar refractivity (Wildman–Crippen MR) is 126 cm³/mol. The minimum absolute atomic E-state index is 0.0829. The first-order chi connectivity index (χ1) is 15.2. The summed E-state index contributed by atoms with van der Waals surface area (Å²) in [5.74, 6) is 0.463. The maximum Gasteiger partial charge on any atom is 0.323 e. The molecule has 3 aromatic carbocycles. The zero-order valence-electron chi connectivity index (χ0n) is 16.6. The van der Waals surface area contributed by atoms with Crippen LogP contribution in [0.15, 0.2) is 83.9 Å². The van der Waals surface area contributed by atoms with Gasteiger partial charge in [-0.15, -0.1) is 11.8 Å². The molecule has 1 aromatic heterocycles. The normalized spacial score (nSPS) is 13.2. The topological polar surface area (TPSA) is 77.2 Å². The summed E-state index contributed by atoms with van der Waals surface area (Å²) < 4.78 is 0. The van der Waals surface area contributed by atoms with Crippen LogP contribution in [-0.4, -0.2) is 22.7 Å². The fraction of sp³-hybridized carbons (Fsp3) is 0.0833. The number of H-pyrrole nitrogens is 1. The third kappa shape index (κ3) is 4.13. The average Bonchev–Trinajstić information content (AvgIpc) is 3.24. The van der Waals surface area contributed by atoms with Gasteiger partial charge in [-0.25, -0.2) is 4.79 Å². The molecule has 0 spiro atoms. The van der Waals surface area contributed by atoms with Crippen molar-refractivity contribution in [2.24, 2.45) is 0 Å². The van der Waals surface area contributed by atoms with E-state index in [0.29, 0.717) is 23.7 Å². The summed E-state index contributed by atoms with van der Waals surface area (Å²) in [5.41, 5.74) is 4.30. The molecule has 1 aliphatic rings. The van der Waals surface area contributed by atoms with Crippen LogP contribution in [0.3, 0.4) is 0 Å². The summed E-state index contributed by atoms with van der Waals surface area (Å²) in [4.78, 5) is 30.9. The lowest BCUT2D eigenvalue weighted by Gasteiger charge is -2.29. The summed E-state index contributed by atoms with van der Waals surface area (Å²) in [6.45, 7) is 0.529. The van der Waals surface area contributed by atoms with Crippen molar-refractivity contribution in [3.63, 3.8) is 0 Å². The van der Waals surface area contributed by atoms with E-state index in [1.807, 2.05) is 79.0 Å². The second-order valence-corrected chi connectivity index (χ2v) is 8.31. The van der Waals surface area contributed by atoms with Crippen LogP contribution in [0, 0.1) is 0 Å². The molecule has 6 nitrogen and oxygen atoms in total. The molecule has 5 rings (SSSR count). The van der Waals surface area contributed by atoms with E-state index in [1.165, 1.54) is 11.8 Å². The molecule has 0 unspecified atom stereocenters. The molecule has 0 saturated carbocycles. The van der Waals surface area contributed by atoms with Crippen molar-refractivity contribution < 1.29 is 9.59 Å². The van der Waals surface area contributed by atoms with Gasteiger partial charge >= 0.3 is 6.03 Å². The van der Waals surface area contributed by atoms with Crippen LogP contribution in [0.5, 0.6) is 0 Å². The largest absolute Gasteiger partial charge is 0.361 e. The first-order valence-corrected chi connectivity index (χ1v) is 10.9. The van der Waals surface area contributed by atoms with Crippen LogP contribution in [-0.2, 0) is 11.3 Å². The number of fused-ring (bicyclic) bond motifs is 2. The van der Waals surface area contributed by atoms with Gasteiger partial charge in [0.15, 0.2) is 0 Å². The molecule has 0 saturated heterocycles. The number of carbonyl (C=O) groups is 2. The van der Waals surface area contributed by atoms with Gasteiger partial charge in [0, 0.05) is 28.0 Å². The van der Waals surface area contributed by atoms with Gasteiger partial charge in [-0.3, -0.25) is 4.79 Å². The zero-order valence-corrected chi connectivity index (χ0v) is 17.4. The summed E-state index contributed by atoms with van der Waals surface area (Å²) in [6, 6.07) is 22.9. The molecule has 0 radical (unpaired) electrons. The lowest BCUT2D eigenvalue weighted by molar-refractivity contribution is -0.116. The molecule has 7 heteroatoms. The Morgan fingerprint density at radius 1 is 0.968 bits per heavy atom. The van der Waals surface area contributed by atoms with E-state index >= 15 is 0 Å². The Labute approximate surface area is 183 Å². The third-order valence-electron chi connectivity index (χ3n) is 5.16. The van der Waals surface area contributed by atoms with Crippen molar-refractivity contribution in [2.75, 3.05) is 21.3 Å². The second kappa shape index (κ2) is 8.20. The summed E-state index contributed by atoms with van der Waals surface area (Å²) >= 11 is 1.49. The molecule has 1 aliphatic heterocycles. The summed E-state index contributed by atoms with van der Waals surface area (Å²) in [7, 11) is 0. The quantitative estimate of drug-likeness (QED) is 0.404. The van der Waals surface area contributed by atoms with Crippen LogP contribution < -0.4 is 15.5 Å². The van der Waals surface area contributed by atoms with Crippen LogP contribution in [0.4, 0.5) is 21.9 Å². The molecule has 0 bridgehead atoms. The van der Waals surface area contributed by atoms with Crippen molar-refractivity contribution in [1.82, 2.24) is 4.98 Å². The number of carbonyl (C=O) groups excluding carboxylic acids is 2. The molecule has 0 atom stereocenters. The van der Waals surface area contributed by atoms with Crippen LogP contribution in [0.25, 0.3) is 10.9 Å². The number of benzene rings is 3. The molecule has 3 amide bonds. The molecule has 31 heavy (non-hydrogen) atoms. The molecule has 154 valence electrons. The van der Waals surface area contributed by atoms with Gasteiger partial charge < -0.3 is 20.5 Å². The Balaban J connectivity index is 1.31. The number of rotatable bonds is 4. The Morgan fingerprint density at radius 3 is 2.58 bits per heavy atom. The Bertz CT molecular complexity index is 1270. The number of urea groups is 1. The van der Waals surface area contributed by atoms with Crippen molar-refractivity contribution in [3.8, 4) is 0 Å². The zero-order chi connectivity index (χ0) is 21.2. The Kier molecular flexibility index (Phi) is 5.09. The van der Waals surface area contributed by atoms with Gasteiger partial charge in [-0.1, -0.05) is 36.4 Å². The fourth-order valence-corrected chi connectivity index (χ4v) is 4.61. The lowest BCUT2D eigenvalue weighted by atomic mass is 10.2. The molecule has 0 fully saturated rings. The van der Waals surface area contributed by atoms with Crippen molar-refractivity contribution in [3.05, 3.63) is 84.6 Å². The van der Waals surface area contributed by atoms with Crippen LogP contribution >= 0.6 is 11.8 Å². The highest BCUT2D eigenvalue weighted by Crippen LogP contribution is 2.38. The van der Waals surface area contributed by atoms with E-state index in [2.05, 4.69) is 15.6 Å². The van der Waals surface area contributed by atoms with E-state index in [0.717, 1.165) is 27.0 Å². The summed E-state index contributed by atoms with van der Waals surface area (Å²) in [5, 5.41) is 6.83. The molecule has 4 aromatic rings. The minimum atomic E-state index is -0.316. The Morgan fingerprint density at radius 2 is 1.74 bits per heavy atom. The average molecular weight is 429 g/mol. The maximum absolute atomic E-state index is 12.5. The smallest absolute Gasteiger partial charge is 0.323 e.